The maximum Gasteiger partial charge on any atom is 0.307 e. The molecule has 2 aromatic rings. The minimum Gasteiger partial charge on any atom is -0.337 e. The van der Waals surface area contributed by atoms with Crippen molar-refractivity contribution in [3.63, 3.8) is 0 Å². The van der Waals surface area contributed by atoms with Gasteiger partial charge in [-0.3, -0.25) is 9.59 Å². The zero-order chi connectivity index (χ0) is 15.7. The van der Waals surface area contributed by atoms with Gasteiger partial charge in [-0.15, -0.1) is 0 Å². The summed E-state index contributed by atoms with van der Waals surface area (Å²) < 4.78 is 1.52. The van der Waals surface area contributed by atoms with Gasteiger partial charge in [-0.25, -0.2) is 9.97 Å². The second-order valence-corrected chi connectivity index (χ2v) is 6.13. The molecule has 0 saturated carbocycles. The Kier molecular flexibility index (Phi) is 3.93. The SMILES string of the molecule is Cc1c(C(=O)N2CCN(c3ncccn3)CC2)sc(=O)n1C. The topological polar surface area (TPSA) is 71.3 Å². The summed E-state index contributed by atoms with van der Waals surface area (Å²) in [5, 5.41) is 0. The Morgan fingerprint density at radius 2 is 1.82 bits per heavy atom. The lowest BCUT2D eigenvalue weighted by Gasteiger charge is -2.34. The molecule has 0 atom stereocenters. The van der Waals surface area contributed by atoms with Crippen molar-refractivity contribution < 1.29 is 4.79 Å². The molecule has 0 N–H and O–H groups in total. The van der Waals surface area contributed by atoms with Gasteiger partial charge in [0.25, 0.3) is 5.91 Å². The highest BCUT2D eigenvalue weighted by Gasteiger charge is 2.26. The maximum atomic E-state index is 12.6. The number of amides is 1. The van der Waals surface area contributed by atoms with Crippen molar-refractivity contribution >= 4 is 23.2 Å². The van der Waals surface area contributed by atoms with Crippen LogP contribution in [0.25, 0.3) is 0 Å². The first kappa shape index (κ1) is 14.7. The van der Waals surface area contributed by atoms with Gasteiger partial charge in [-0.1, -0.05) is 11.3 Å². The van der Waals surface area contributed by atoms with Crippen molar-refractivity contribution in [3.8, 4) is 0 Å². The molecule has 1 saturated heterocycles. The van der Waals surface area contributed by atoms with E-state index in [1.807, 2.05) is 0 Å². The van der Waals surface area contributed by atoms with Crippen LogP contribution >= 0.6 is 11.3 Å². The van der Waals surface area contributed by atoms with Gasteiger partial charge in [-0.05, 0) is 13.0 Å². The predicted octanol–water partition coefficient (Wildman–Crippen LogP) is 0.508. The van der Waals surface area contributed by atoms with Gasteiger partial charge in [0.2, 0.25) is 5.95 Å². The Bertz CT molecular complexity index is 731. The molecule has 0 aromatic carbocycles. The van der Waals surface area contributed by atoms with Gasteiger partial charge in [0, 0.05) is 51.3 Å². The average Bonchev–Trinajstić information content (AvgIpc) is 2.83. The van der Waals surface area contributed by atoms with E-state index < -0.39 is 0 Å². The molecular formula is C14H17N5O2S. The monoisotopic (exact) mass is 319 g/mol. The summed E-state index contributed by atoms with van der Waals surface area (Å²) in [6.45, 7) is 4.39. The molecule has 1 aliphatic heterocycles. The van der Waals surface area contributed by atoms with Crippen molar-refractivity contribution in [1.82, 2.24) is 19.4 Å². The van der Waals surface area contributed by atoms with Gasteiger partial charge in [0.1, 0.15) is 4.88 Å². The number of piperazine rings is 1. The fourth-order valence-electron chi connectivity index (χ4n) is 2.42. The standard InChI is InChI=1S/C14H17N5O2S/c1-10-11(22-14(21)17(10)2)12(20)18-6-8-19(9-7-18)13-15-4-3-5-16-13/h3-5H,6-9H2,1-2H3. The molecule has 3 rings (SSSR count). The zero-order valence-corrected chi connectivity index (χ0v) is 13.3. The first-order chi connectivity index (χ1) is 10.6. The molecule has 1 fully saturated rings. The van der Waals surface area contributed by atoms with Gasteiger partial charge in [0.15, 0.2) is 0 Å². The highest BCUT2D eigenvalue weighted by molar-refractivity contribution is 7.11. The van der Waals surface area contributed by atoms with Crippen LogP contribution in [0.2, 0.25) is 0 Å². The Labute approximate surface area is 131 Å². The van der Waals surface area contributed by atoms with E-state index in [1.165, 1.54) is 4.57 Å². The van der Waals surface area contributed by atoms with Crippen LogP contribution < -0.4 is 9.77 Å². The lowest BCUT2D eigenvalue weighted by Crippen LogP contribution is -2.49. The van der Waals surface area contributed by atoms with E-state index in [2.05, 4.69) is 14.9 Å². The lowest BCUT2D eigenvalue weighted by atomic mass is 10.3. The van der Waals surface area contributed by atoms with Crippen LogP contribution in [0.5, 0.6) is 0 Å². The normalized spacial score (nSPS) is 15.2. The number of nitrogens with zero attached hydrogens (tertiary/aromatic N) is 5. The summed E-state index contributed by atoms with van der Waals surface area (Å²) in [6, 6.07) is 1.78. The minimum atomic E-state index is -0.0998. The molecule has 2 aromatic heterocycles. The molecule has 0 spiro atoms. The van der Waals surface area contributed by atoms with Crippen LogP contribution in [-0.2, 0) is 7.05 Å². The summed E-state index contributed by atoms with van der Waals surface area (Å²) in [6.07, 6.45) is 3.43. The van der Waals surface area contributed by atoms with Crippen molar-refractivity contribution in [1.29, 1.82) is 0 Å². The third-order valence-electron chi connectivity index (χ3n) is 3.89. The number of aromatic nitrogens is 3. The first-order valence-corrected chi connectivity index (χ1v) is 7.87. The number of anilines is 1. The molecule has 0 aliphatic carbocycles. The molecule has 22 heavy (non-hydrogen) atoms. The molecule has 116 valence electrons. The minimum absolute atomic E-state index is 0.0613. The number of carbonyl (C=O) groups excluding carboxylic acids is 1. The average molecular weight is 319 g/mol. The van der Waals surface area contributed by atoms with E-state index in [0.29, 0.717) is 37.0 Å². The number of carbonyl (C=O) groups is 1. The van der Waals surface area contributed by atoms with Crippen LogP contribution in [-0.4, -0.2) is 51.5 Å². The van der Waals surface area contributed by atoms with Gasteiger partial charge in [0.05, 0.1) is 0 Å². The van der Waals surface area contributed by atoms with Crippen LogP contribution in [0, 0.1) is 6.92 Å². The molecule has 0 radical (unpaired) electrons. The molecule has 8 heteroatoms. The molecule has 1 amide bonds. The number of hydrogen-bond donors (Lipinski definition) is 0. The van der Waals surface area contributed by atoms with Crippen molar-refractivity contribution in [3.05, 3.63) is 38.7 Å². The second kappa shape index (κ2) is 5.88. The smallest absolute Gasteiger partial charge is 0.307 e. The number of hydrogen-bond acceptors (Lipinski definition) is 6. The highest BCUT2D eigenvalue weighted by Crippen LogP contribution is 2.16. The Balaban J connectivity index is 1.70. The van der Waals surface area contributed by atoms with Crippen LogP contribution in [0.15, 0.2) is 23.3 Å². The van der Waals surface area contributed by atoms with Crippen LogP contribution in [0.1, 0.15) is 15.4 Å². The molecular weight excluding hydrogens is 302 g/mol. The number of rotatable bonds is 2. The van der Waals surface area contributed by atoms with Crippen LogP contribution in [0.3, 0.4) is 0 Å². The predicted molar refractivity (Wildman–Crippen MR) is 84.4 cm³/mol. The van der Waals surface area contributed by atoms with E-state index in [4.69, 9.17) is 0 Å². The van der Waals surface area contributed by atoms with E-state index >= 15 is 0 Å². The molecule has 0 unspecified atom stereocenters. The Hall–Kier alpha value is -2.22. The quantitative estimate of drug-likeness (QED) is 0.806. The van der Waals surface area contributed by atoms with Gasteiger partial charge in [-0.2, -0.15) is 0 Å². The summed E-state index contributed by atoms with van der Waals surface area (Å²) in [7, 11) is 1.69. The fourth-order valence-corrected chi connectivity index (χ4v) is 3.37. The third kappa shape index (κ3) is 2.61. The largest absolute Gasteiger partial charge is 0.337 e. The van der Waals surface area contributed by atoms with Crippen molar-refractivity contribution in [2.75, 3.05) is 31.1 Å². The highest BCUT2D eigenvalue weighted by atomic mass is 32.1. The molecule has 0 bridgehead atoms. The van der Waals surface area contributed by atoms with Crippen molar-refractivity contribution in [2.45, 2.75) is 6.92 Å². The van der Waals surface area contributed by atoms with E-state index in [9.17, 15) is 9.59 Å². The lowest BCUT2D eigenvalue weighted by molar-refractivity contribution is 0.0750. The molecule has 1 aliphatic rings. The third-order valence-corrected chi connectivity index (χ3v) is 5.01. The number of thiazole rings is 1. The molecule has 3 heterocycles. The Morgan fingerprint density at radius 1 is 1.18 bits per heavy atom. The summed E-state index contributed by atoms with van der Waals surface area (Å²) in [5.74, 6) is 0.629. The van der Waals surface area contributed by atoms with E-state index in [0.717, 1.165) is 17.0 Å². The summed E-state index contributed by atoms with van der Waals surface area (Å²) in [4.78, 5) is 37.0. The van der Waals surface area contributed by atoms with E-state index in [-0.39, 0.29) is 10.8 Å². The summed E-state index contributed by atoms with van der Waals surface area (Å²) in [5.41, 5.74) is 0.730. The molecule has 7 nitrogen and oxygen atoms in total. The van der Waals surface area contributed by atoms with Crippen molar-refractivity contribution in [2.24, 2.45) is 7.05 Å². The maximum absolute atomic E-state index is 12.6. The van der Waals surface area contributed by atoms with Gasteiger partial charge < -0.3 is 14.4 Å². The zero-order valence-electron chi connectivity index (χ0n) is 12.5. The first-order valence-electron chi connectivity index (χ1n) is 7.05. The second-order valence-electron chi connectivity index (χ2n) is 5.17. The Morgan fingerprint density at radius 3 is 2.36 bits per heavy atom. The van der Waals surface area contributed by atoms with Crippen LogP contribution in [0.4, 0.5) is 5.95 Å². The summed E-state index contributed by atoms with van der Waals surface area (Å²) >= 11 is 1.02. The van der Waals surface area contributed by atoms with E-state index in [1.54, 1.807) is 37.3 Å². The van der Waals surface area contributed by atoms with Gasteiger partial charge >= 0.3 is 4.87 Å². The fraction of sp³-hybridized carbons (Fsp3) is 0.429.